The number of likely N-dealkylation sites (N-methyl/N-ethyl adjacent to an activating group) is 1. The number of ether oxygens (including phenoxy) is 2. The minimum Gasteiger partial charge on any atom is -0.374 e. The number of hydrogen-bond donors (Lipinski definition) is 1. The Labute approximate surface area is 109 Å². The van der Waals surface area contributed by atoms with Crippen molar-refractivity contribution in [1.82, 2.24) is 5.32 Å². The summed E-state index contributed by atoms with van der Waals surface area (Å²) < 4.78 is 11.8. The van der Waals surface area contributed by atoms with Crippen LogP contribution in [0, 0.1) is 0 Å². The molecule has 18 heavy (non-hydrogen) atoms. The highest BCUT2D eigenvalue weighted by molar-refractivity contribution is 5.13. The van der Waals surface area contributed by atoms with Gasteiger partial charge in [0.15, 0.2) is 0 Å². The fourth-order valence-corrected chi connectivity index (χ4v) is 2.28. The second-order valence-corrected chi connectivity index (χ2v) is 4.80. The molecule has 3 heteroatoms. The summed E-state index contributed by atoms with van der Waals surface area (Å²) in [4.78, 5) is 0. The lowest BCUT2D eigenvalue weighted by molar-refractivity contribution is -0.150. The maximum atomic E-state index is 5.94. The normalized spacial score (nSPS) is 26.9. The Hall–Kier alpha value is -0.900. The van der Waals surface area contributed by atoms with Gasteiger partial charge in [-0.1, -0.05) is 37.3 Å². The molecule has 3 unspecified atom stereocenters. The third-order valence-corrected chi connectivity index (χ3v) is 3.44. The van der Waals surface area contributed by atoms with Crippen molar-refractivity contribution in [3.05, 3.63) is 35.9 Å². The average molecular weight is 249 g/mol. The summed E-state index contributed by atoms with van der Waals surface area (Å²) in [5.74, 6) is 0. The van der Waals surface area contributed by atoms with Crippen LogP contribution >= 0.6 is 0 Å². The monoisotopic (exact) mass is 249 g/mol. The van der Waals surface area contributed by atoms with E-state index >= 15 is 0 Å². The van der Waals surface area contributed by atoms with Crippen LogP contribution in [0.1, 0.15) is 25.3 Å². The molecule has 0 aliphatic heterocycles. The standard InChI is InChI=1S/C15H23NO2/c1-3-9-17-15-13(16-2)10-14(15)18-11-12-7-5-4-6-8-12/h4-8,13-16H,3,9-11H2,1-2H3. The molecular formula is C15H23NO2. The Morgan fingerprint density at radius 1 is 1.22 bits per heavy atom. The van der Waals surface area contributed by atoms with Crippen LogP contribution in [0.4, 0.5) is 0 Å². The van der Waals surface area contributed by atoms with Crippen LogP contribution in [0.2, 0.25) is 0 Å². The Morgan fingerprint density at radius 3 is 2.67 bits per heavy atom. The molecular weight excluding hydrogens is 226 g/mol. The molecule has 1 N–H and O–H groups in total. The predicted octanol–water partition coefficient (Wildman–Crippen LogP) is 2.36. The van der Waals surface area contributed by atoms with E-state index in [9.17, 15) is 0 Å². The molecule has 1 aromatic carbocycles. The van der Waals surface area contributed by atoms with E-state index in [4.69, 9.17) is 9.47 Å². The van der Waals surface area contributed by atoms with E-state index in [1.54, 1.807) is 0 Å². The van der Waals surface area contributed by atoms with Crippen LogP contribution < -0.4 is 5.32 Å². The first kappa shape index (κ1) is 13.5. The molecule has 3 atom stereocenters. The number of hydrogen-bond acceptors (Lipinski definition) is 3. The van der Waals surface area contributed by atoms with Crippen molar-refractivity contribution in [1.29, 1.82) is 0 Å². The van der Waals surface area contributed by atoms with Gasteiger partial charge in [-0.2, -0.15) is 0 Å². The first-order valence-electron chi connectivity index (χ1n) is 6.79. The van der Waals surface area contributed by atoms with Gasteiger partial charge in [-0.3, -0.25) is 0 Å². The lowest BCUT2D eigenvalue weighted by atomic mass is 9.85. The highest BCUT2D eigenvalue weighted by Crippen LogP contribution is 2.28. The second kappa shape index (κ2) is 6.88. The summed E-state index contributed by atoms with van der Waals surface area (Å²) in [6.45, 7) is 3.62. The van der Waals surface area contributed by atoms with E-state index in [-0.39, 0.29) is 12.2 Å². The summed E-state index contributed by atoms with van der Waals surface area (Å²) in [5.41, 5.74) is 1.22. The smallest absolute Gasteiger partial charge is 0.0990 e. The average Bonchev–Trinajstić information content (AvgIpc) is 2.39. The molecule has 0 spiro atoms. The van der Waals surface area contributed by atoms with Crippen LogP contribution in [0.15, 0.2) is 30.3 Å². The zero-order chi connectivity index (χ0) is 12.8. The van der Waals surface area contributed by atoms with E-state index in [0.717, 1.165) is 19.4 Å². The predicted molar refractivity (Wildman–Crippen MR) is 72.5 cm³/mol. The maximum Gasteiger partial charge on any atom is 0.0990 e. The van der Waals surface area contributed by atoms with Crippen LogP contribution in [0.25, 0.3) is 0 Å². The van der Waals surface area contributed by atoms with E-state index in [0.29, 0.717) is 12.6 Å². The SMILES string of the molecule is CCCOC1C(NC)CC1OCc1ccccc1. The van der Waals surface area contributed by atoms with Crippen LogP contribution in [0.3, 0.4) is 0 Å². The van der Waals surface area contributed by atoms with Gasteiger partial charge in [0.1, 0.15) is 0 Å². The van der Waals surface area contributed by atoms with Crippen molar-refractivity contribution >= 4 is 0 Å². The summed E-state index contributed by atoms with van der Waals surface area (Å²) in [6.07, 6.45) is 2.53. The fourth-order valence-electron chi connectivity index (χ4n) is 2.28. The van der Waals surface area contributed by atoms with Gasteiger partial charge in [0, 0.05) is 12.6 Å². The minimum atomic E-state index is 0.207. The third-order valence-electron chi connectivity index (χ3n) is 3.44. The highest BCUT2D eigenvalue weighted by Gasteiger charge is 2.41. The quantitative estimate of drug-likeness (QED) is 0.804. The van der Waals surface area contributed by atoms with Gasteiger partial charge in [-0.05, 0) is 25.5 Å². The van der Waals surface area contributed by atoms with Crippen molar-refractivity contribution in [2.45, 2.75) is 44.6 Å². The van der Waals surface area contributed by atoms with E-state index in [2.05, 4.69) is 24.4 Å². The van der Waals surface area contributed by atoms with Crippen LogP contribution in [0.5, 0.6) is 0 Å². The van der Waals surface area contributed by atoms with Crippen molar-refractivity contribution in [3.8, 4) is 0 Å². The first-order chi connectivity index (χ1) is 8.85. The number of benzene rings is 1. The fraction of sp³-hybridized carbons (Fsp3) is 0.600. The zero-order valence-electron chi connectivity index (χ0n) is 11.3. The molecule has 1 aromatic rings. The van der Waals surface area contributed by atoms with E-state index in [1.165, 1.54) is 5.56 Å². The molecule has 1 aliphatic rings. The molecule has 1 saturated carbocycles. The third kappa shape index (κ3) is 3.31. The molecule has 0 radical (unpaired) electrons. The molecule has 0 bridgehead atoms. The molecule has 2 rings (SSSR count). The molecule has 0 heterocycles. The van der Waals surface area contributed by atoms with E-state index < -0.39 is 0 Å². The topological polar surface area (TPSA) is 30.5 Å². The van der Waals surface area contributed by atoms with Crippen LogP contribution in [-0.2, 0) is 16.1 Å². The molecule has 0 aromatic heterocycles. The van der Waals surface area contributed by atoms with Gasteiger partial charge >= 0.3 is 0 Å². The van der Waals surface area contributed by atoms with Crippen molar-refractivity contribution in [3.63, 3.8) is 0 Å². The molecule has 0 saturated heterocycles. The molecule has 1 aliphatic carbocycles. The Balaban J connectivity index is 1.78. The van der Waals surface area contributed by atoms with Gasteiger partial charge in [0.25, 0.3) is 0 Å². The minimum absolute atomic E-state index is 0.207. The van der Waals surface area contributed by atoms with Crippen molar-refractivity contribution < 1.29 is 9.47 Å². The molecule has 3 nitrogen and oxygen atoms in total. The highest BCUT2D eigenvalue weighted by atomic mass is 16.5. The molecule has 0 amide bonds. The van der Waals surface area contributed by atoms with Gasteiger partial charge in [-0.15, -0.1) is 0 Å². The Kier molecular flexibility index (Phi) is 5.17. The van der Waals surface area contributed by atoms with Crippen molar-refractivity contribution in [2.24, 2.45) is 0 Å². The molecule has 1 fully saturated rings. The van der Waals surface area contributed by atoms with Gasteiger partial charge in [0.2, 0.25) is 0 Å². The summed E-state index contributed by atoms with van der Waals surface area (Å²) in [6, 6.07) is 10.7. The maximum absolute atomic E-state index is 5.94. The van der Waals surface area contributed by atoms with Crippen molar-refractivity contribution in [2.75, 3.05) is 13.7 Å². The Bertz CT molecular complexity index is 342. The first-order valence-corrected chi connectivity index (χ1v) is 6.79. The second-order valence-electron chi connectivity index (χ2n) is 4.80. The molecule has 100 valence electrons. The van der Waals surface area contributed by atoms with E-state index in [1.807, 2.05) is 25.2 Å². The largest absolute Gasteiger partial charge is 0.374 e. The van der Waals surface area contributed by atoms with Crippen LogP contribution in [-0.4, -0.2) is 31.9 Å². The summed E-state index contributed by atoms with van der Waals surface area (Å²) in [7, 11) is 1.99. The lowest BCUT2D eigenvalue weighted by Crippen LogP contribution is -2.59. The number of nitrogens with one attached hydrogen (secondary N) is 1. The Morgan fingerprint density at radius 2 is 2.00 bits per heavy atom. The lowest BCUT2D eigenvalue weighted by Gasteiger charge is -2.43. The van der Waals surface area contributed by atoms with Gasteiger partial charge in [-0.25, -0.2) is 0 Å². The zero-order valence-corrected chi connectivity index (χ0v) is 11.3. The summed E-state index contributed by atoms with van der Waals surface area (Å²) >= 11 is 0. The van der Waals surface area contributed by atoms with Gasteiger partial charge in [0.05, 0.1) is 18.8 Å². The number of rotatable bonds is 7. The summed E-state index contributed by atoms with van der Waals surface area (Å²) in [5, 5.41) is 3.28. The van der Waals surface area contributed by atoms with Gasteiger partial charge < -0.3 is 14.8 Å².